The SMILES string of the molecule is Cc1ccc(=O)n(CCOc2cccc(B(O)O)c2)n1. The van der Waals surface area contributed by atoms with E-state index in [1.165, 1.54) is 16.8 Å². The van der Waals surface area contributed by atoms with Gasteiger partial charge < -0.3 is 14.8 Å². The lowest BCUT2D eigenvalue weighted by atomic mass is 9.80. The maximum Gasteiger partial charge on any atom is 0.488 e. The first-order valence-electron chi connectivity index (χ1n) is 6.20. The molecule has 0 aliphatic rings. The predicted octanol–water partition coefficient (Wildman–Crippen LogP) is -0.689. The van der Waals surface area contributed by atoms with Crippen molar-refractivity contribution >= 4 is 12.6 Å². The van der Waals surface area contributed by atoms with E-state index in [2.05, 4.69) is 5.10 Å². The van der Waals surface area contributed by atoms with Crippen LogP contribution in [0.2, 0.25) is 0 Å². The van der Waals surface area contributed by atoms with Gasteiger partial charge in [0, 0.05) is 6.07 Å². The quantitative estimate of drug-likeness (QED) is 0.705. The van der Waals surface area contributed by atoms with E-state index in [-0.39, 0.29) is 12.2 Å². The van der Waals surface area contributed by atoms with E-state index < -0.39 is 7.12 Å². The predicted molar refractivity (Wildman–Crippen MR) is 75.0 cm³/mol. The fourth-order valence-corrected chi connectivity index (χ4v) is 1.73. The summed E-state index contributed by atoms with van der Waals surface area (Å²) in [5.41, 5.74) is 0.932. The van der Waals surface area contributed by atoms with Gasteiger partial charge in [0.15, 0.2) is 0 Å². The Kier molecular flexibility index (Phi) is 4.55. The van der Waals surface area contributed by atoms with Gasteiger partial charge in [0.05, 0.1) is 12.2 Å². The molecule has 2 N–H and O–H groups in total. The minimum atomic E-state index is -1.53. The van der Waals surface area contributed by atoms with Gasteiger partial charge in [0.25, 0.3) is 5.56 Å². The van der Waals surface area contributed by atoms with Gasteiger partial charge >= 0.3 is 7.12 Å². The molecule has 0 bridgehead atoms. The molecule has 0 unspecified atom stereocenters. The van der Waals surface area contributed by atoms with Crippen molar-refractivity contribution in [3.05, 3.63) is 52.4 Å². The highest BCUT2D eigenvalue weighted by molar-refractivity contribution is 6.58. The van der Waals surface area contributed by atoms with Gasteiger partial charge in [-0.05, 0) is 30.6 Å². The molecular formula is C13H15BN2O4. The van der Waals surface area contributed by atoms with E-state index >= 15 is 0 Å². The molecule has 0 saturated carbocycles. The maximum atomic E-state index is 11.5. The minimum Gasteiger partial charge on any atom is -0.492 e. The Morgan fingerprint density at radius 3 is 2.85 bits per heavy atom. The summed E-state index contributed by atoms with van der Waals surface area (Å²) in [7, 11) is -1.53. The van der Waals surface area contributed by atoms with Crippen LogP contribution in [0.25, 0.3) is 0 Å². The average molecular weight is 274 g/mol. The van der Waals surface area contributed by atoms with Crippen LogP contribution >= 0.6 is 0 Å². The first-order valence-corrected chi connectivity index (χ1v) is 6.20. The van der Waals surface area contributed by atoms with E-state index in [4.69, 9.17) is 14.8 Å². The van der Waals surface area contributed by atoms with E-state index in [9.17, 15) is 4.79 Å². The molecule has 7 heteroatoms. The van der Waals surface area contributed by atoms with E-state index in [0.29, 0.717) is 17.8 Å². The van der Waals surface area contributed by atoms with Crippen molar-refractivity contribution in [2.45, 2.75) is 13.5 Å². The zero-order chi connectivity index (χ0) is 14.5. The molecule has 0 amide bonds. The first-order chi connectivity index (χ1) is 9.56. The number of hydrogen-bond donors (Lipinski definition) is 2. The summed E-state index contributed by atoms with van der Waals surface area (Å²) >= 11 is 0. The van der Waals surface area contributed by atoms with Crippen LogP contribution in [0.5, 0.6) is 5.75 Å². The second-order valence-corrected chi connectivity index (χ2v) is 4.33. The third-order valence-electron chi connectivity index (χ3n) is 2.73. The Labute approximate surface area is 116 Å². The Morgan fingerprint density at radius 2 is 2.10 bits per heavy atom. The molecule has 0 fully saturated rings. The van der Waals surface area contributed by atoms with Gasteiger partial charge in [0.1, 0.15) is 12.4 Å². The van der Waals surface area contributed by atoms with E-state index in [0.717, 1.165) is 5.69 Å². The fraction of sp³-hybridized carbons (Fsp3) is 0.231. The second-order valence-electron chi connectivity index (χ2n) is 4.33. The number of hydrogen-bond acceptors (Lipinski definition) is 5. The van der Waals surface area contributed by atoms with Crippen LogP contribution in [0.1, 0.15) is 5.69 Å². The van der Waals surface area contributed by atoms with E-state index in [1.807, 2.05) is 6.92 Å². The summed E-state index contributed by atoms with van der Waals surface area (Å²) in [5.74, 6) is 0.510. The van der Waals surface area contributed by atoms with Crippen molar-refractivity contribution in [3.63, 3.8) is 0 Å². The van der Waals surface area contributed by atoms with Crippen LogP contribution in [0.15, 0.2) is 41.2 Å². The molecule has 0 aliphatic heterocycles. The molecule has 1 aromatic carbocycles. The normalized spacial score (nSPS) is 10.3. The third kappa shape index (κ3) is 3.69. The number of nitrogens with zero attached hydrogens (tertiary/aromatic N) is 2. The Morgan fingerprint density at radius 1 is 1.30 bits per heavy atom. The summed E-state index contributed by atoms with van der Waals surface area (Å²) in [6.07, 6.45) is 0. The van der Waals surface area contributed by atoms with Crippen LogP contribution in [-0.2, 0) is 6.54 Å². The Hall–Kier alpha value is -2.12. The lowest BCUT2D eigenvalue weighted by molar-refractivity contribution is 0.287. The van der Waals surface area contributed by atoms with Crippen molar-refractivity contribution in [3.8, 4) is 5.75 Å². The van der Waals surface area contributed by atoms with Gasteiger partial charge in [-0.2, -0.15) is 5.10 Å². The molecule has 1 aromatic heterocycles. The number of rotatable bonds is 5. The van der Waals surface area contributed by atoms with Crippen LogP contribution in [-0.4, -0.2) is 33.6 Å². The largest absolute Gasteiger partial charge is 0.492 e. The highest BCUT2D eigenvalue weighted by Gasteiger charge is 2.11. The summed E-state index contributed by atoms with van der Waals surface area (Å²) < 4.78 is 6.81. The lowest BCUT2D eigenvalue weighted by Gasteiger charge is -2.09. The van der Waals surface area contributed by atoms with Gasteiger partial charge in [-0.15, -0.1) is 0 Å². The number of aryl methyl sites for hydroxylation is 1. The van der Waals surface area contributed by atoms with Crippen molar-refractivity contribution in [1.29, 1.82) is 0 Å². The number of ether oxygens (including phenoxy) is 1. The summed E-state index contributed by atoms with van der Waals surface area (Å²) in [5, 5.41) is 22.2. The van der Waals surface area contributed by atoms with Crippen LogP contribution in [0.4, 0.5) is 0 Å². The Balaban J connectivity index is 1.97. The van der Waals surface area contributed by atoms with Crippen molar-refractivity contribution in [2.24, 2.45) is 0 Å². The Bertz CT molecular complexity index is 642. The topological polar surface area (TPSA) is 84.6 Å². The van der Waals surface area contributed by atoms with Gasteiger partial charge in [-0.1, -0.05) is 12.1 Å². The molecule has 20 heavy (non-hydrogen) atoms. The summed E-state index contributed by atoms with van der Waals surface area (Å²) in [6, 6.07) is 9.62. The van der Waals surface area contributed by atoms with Crippen LogP contribution < -0.4 is 15.8 Å². The van der Waals surface area contributed by atoms with Crippen molar-refractivity contribution < 1.29 is 14.8 Å². The fourth-order valence-electron chi connectivity index (χ4n) is 1.73. The third-order valence-corrected chi connectivity index (χ3v) is 2.73. The lowest BCUT2D eigenvalue weighted by Crippen LogP contribution is -2.29. The number of benzene rings is 1. The minimum absolute atomic E-state index is 0.182. The molecule has 0 aliphatic carbocycles. The molecule has 104 valence electrons. The van der Waals surface area contributed by atoms with Gasteiger partial charge in [-0.25, -0.2) is 4.68 Å². The highest BCUT2D eigenvalue weighted by Crippen LogP contribution is 2.07. The standard InChI is InChI=1S/C13H15BN2O4/c1-10-5-6-13(17)16(15-10)7-8-20-12-4-2-3-11(9-12)14(18)19/h2-6,9,18-19H,7-8H2,1H3. The molecule has 0 radical (unpaired) electrons. The van der Waals surface area contributed by atoms with Gasteiger partial charge in [0.2, 0.25) is 0 Å². The molecular weight excluding hydrogens is 259 g/mol. The van der Waals surface area contributed by atoms with Crippen LogP contribution in [0.3, 0.4) is 0 Å². The van der Waals surface area contributed by atoms with Crippen molar-refractivity contribution in [2.75, 3.05) is 6.61 Å². The monoisotopic (exact) mass is 274 g/mol. The number of aromatic nitrogens is 2. The zero-order valence-corrected chi connectivity index (χ0v) is 11.1. The van der Waals surface area contributed by atoms with Gasteiger partial charge in [-0.3, -0.25) is 4.79 Å². The van der Waals surface area contributed by atoms with E-state index in [1.54, 1.807) is 24.3 Å². The first kappa shape index (κ1) is 14.3. The van der Waals surface area contributed by atoms with Crippen molar-refractivity contribution in [1.82, 2.24) is 9.78 Å². The smallest absolute Gasteiger partial charge is 0.488 e. The summed E-state index contributed by atoms with van der Waals surface area (Å²) in [4.78, 5) is 11.5. The molecule has 0 atom stereocenters. The van der Waals surface area contributed by atoms with Crippen LogP contribution in [0, 0.1) is 6.92 Å². The summed E-state index contributed by atoms with van der Waals surface area (Å²) in [6.45, 7) is 2.40. The molecule has 2 aromatic rings. The molecule has 0 saturated heterocycles. The highest BCUT2D eigenvalue weighted by atomic mass is 16.5. The molecule has 2 rings (SSSR count). The molecule has 1 heterocycles. The average Bonchev–Trinajstić information content (AvgIpc) is 2.43. The maximum absolute atomic E-state index is 11.5. The molecule has 6 nitrogen and oxygen atoms in total. The zero-order valence-electron chi connectivity index (χ0n) is 11.1. The molecule has 0 spiro atoms. The second kappa shape index (κ2) is 6.36.